The van der Waals surface area contributed by atoms with Gasteiger partial charge in [0.1, 0.15) is 12.7 Å². The van der Waals surface area contributed by atoms with Gasteiger partial charge in [-0.3, -0.25) is 23.4 Å². The Kier molecular flexibility index (Phi) is 38.3. The second-order valence-electron chi connectivity index (χ2n) is 15.9. The summed E-state index contributed by atoms with van der Waals surface area (Å²) in [5, 5.41) is 18.3. The molecule has 12 heteroatoms. The van der Waals surface area contributed by atoms with Crippen LogP contribution in [0.2, 0.25) is 0 Å². The van der Waals surface area contributed by atoms with Crippen molar-refractivity contribution in [3.05, 3.63) is 24.3 Å². The minimum absolute atomic E-state index is 0.100. The Hall–Kier alpha value is -1.88. The van der Waals surface area contributed by atoms with Gasteiger partial charge in [-0.2, -0.15) is 0 Å². The van der Waals surface area contributed by atoms with Gasteiger partial charge in [0, 0.05) is 19.3 Å². The molecule has 3 N–H and O–H groups in total. The molecule has 0 aliphatic rings. The molecule has 0 rings (SSSR count). The molecule has 0 aliphatic heterocycles. The Morgan fingerprint density at radius 3 is 1.63 bits per heavy atom. The van der Waals surface area contributed by atoms with Crippen molar-refractivity contribution in [2.24, 2.45) is 5.92 Å². The molecule has 0 aromatic carbocycles. The first-order valence-corrected chi connectivity index (χ1v) is 24.1. The number of allylic oxidation sites excluding steroid dienone is 4. The standard InChI is InChI=1S/C45H83O11P/c1-4-5-6-7-17-22-27-32-41(47)33-28-23-20-25-30-35-45(50)56-43(39-55-57(51,52)54-37-42(48)36-46)38-53-44(49)34-29-24-19-16-14-12-10-8-9-11-13-15-18-21-26-31-40(2)3/h17,22,27,32,40,42-43,46,48H,4-16,18-21,23-26,28-31,33-39H2,1-3H3,(H,51,52)/b22-17-,32-27+/t42-,43+/m0/s1. The van der Waals surface area contributed by atoms with Gasteiger partial charge >= 0.3 is 19.8 Å². The highest BCUT2D eigenvalue weighted by molar-refractivity contribution is 7.47. The summed E-state index contributed by atoms with van der Waals surface area (Å²) < 4.78 is 32.7. The number of ether oxygens (including phenoxy) is 2. The Balaban J connectivity index is 4.31. The highest BCUT2D eigenvalue weighted by atomic mass is 31.2. The van der Waals surface area contributed by atoms with Crippen molar-refractivity contribution in [1.82, 2.24) is 0 Å². The molecule has 1 unspecified atom stereocenters. The first-order chi connectivity index (χ1) is 27.5. The van der Waals surface area contributed by atoms with Gasteiger partial charge in [-0.15, -0.1) is 0 Å². The summed E-state index contributed by atoms with van der Waals surface area (Å²) >= 11 is 0. The van der Waals surface area contributed by atoms with Crippen LogP contribution in [0.5, 0.6) is 0 Å². The highest BCUT2D eigenvalue weighted by Crippen LogP contribution is 2.43. The van der Waals surface area contributed by atoms with Crippen LogP contribution >= 0.6 is 7.82 Å². The van der Waals surface area contributed by atoms with Gasteiger partial charge in [0.05, 0.1) is 19.8 Å². The fourth-order valence-electron chi connectivity index (χ4n) is 6.22. The summed E-state index contributed by atoms with van der Waals surface area (Å²) in [6.07, 6.45) is 33.9. The van der Waals surface area contributed by atoms with Crippen molar-refractivity contribution in [2.45, 2.75) is 213 Å². The fourth-order valence-corrected chi connectivity index (χ4v) is 7.01. The molecule has 11 nitrogen and oxygen atoms in total. The van der Waals surface area contributed by atoms with E-state index in [0.717, 1.165) is 63.7 Å². The molecule has 0 saturated carbocycles. The number of carbonyl (C=O) groups is 3. The quantitative estimate of drug-likeness (QED) is 0.0176. The van der Waals surface area contributed by atoms with Gasteiger partial charge in [-0.1, -0.05) is 167 Å². The number of esters is 2. The molecule has 0 heterocycles. The van der Waals surface area contributed by atoms with E-state index in [1.807, 2.05) is 6.08 Å². The lowest BCUT2D eigenvalue weighted by molar-refractivity contribution is -0.161. The van der Waals surface area contributed by atoms with Crippen LogP contribution in [0.25, 0.3) is 0 Å². The third kappa shape index (κ3) is 40.7. The third-order valence-corrected chi connectivity index (χ3v) is 10.7. The number of aliphatic hydroxyl groups is 2. The van der Waals surface area contributed by atoms with Gasteiger partial charge in [-0.05, 0) is 44.1 Å². The molecule has 0 spiro atoms. The van der Waals surface area contributed by atoms with Crippen LogP contribution in [0.3, 0.4) is 0 Å². The smallest absolute Gasteiger partial charge is 0.462 e. The van der Waals surface area contributed by atoms with E-state index in [4.69, 9.17) is 19.1 Å². The summed E-state index contributed by atoms with van der Waals surface area (Å²) in [7, 11) is -4.65. The predicted octanol–water partition coefficient (Wildman–Crippen LogP) is 11.2. The molecule has 0 amide bonds. The van der Waals surface area contributed by atoms with Gasteiger partial charge in [-0.25, -0.2) is 4.57 Å². The number of aliphatic hydroxyl groups excluding tert-OH is 2. The summed E-state index contributed by atoms with van der Waals surface area (Å²) in [6.45, 7) is 4.55. The van der Waals surface area contributed by atoms with E-state index in [1.54, 1.807) is 12.2 Å². The molecule has 0 aliphatic carbocycles. The van der Waals surface area contributed by atoms with E-state index in [2.05, 4.69) is 31.4 Å². The second-order valence-corrected chi connectivity index (χ2v) is 17.4. The van der Waals surface area contributed by atoms with Crippen LogP contribution in [0.1, 0.15) is 201 Å². The number of carbonyl (C=O) groups excluding carboxylic acids is 3. The van der Waals surface area contributed by atoms with Crippen molar-refractivity contribution < 1.29 is 52.6 Å². The Labute approximate surface area is 346 Å². The lowest BCUT2D eigenvalue weighted by atomic mass is 10.0. The summed E-state index contributed by atoms with van der Waals surface area (Å²) in [6, 6.07) is 0. The maximum absolute atomic E-state index is 12.6. The van der Waals surface area contributed by atoms with Crippen LogP contribution in [-0.4, -0.2) is 71.5 Å². The zero-order valence-electron chi connectivity index (χ0n) is 36.2. The van der Waals surface area contributed by atoms with Gasteiger partial charge in [0.25, 0.3) is 0 Å². The number of hydrogen-bond acceptors (Lipinski definition) is 10. The van der Waals surface area contributed by atoms with Gasteiger partial charge in [0.15, 0.2) is 11.9 Å². The van der Waals surface area contributed by atoms with E-state index in [0.29, 0.717) is 19.3 Å². The van der Waals surface area contributed by atoms with Gasteiger partial charge in [0.2, 0.25) is 0 Å². The molecule has 0 bridgehead atoms. The first-order valence-electron chi connectivity index (χ1n) is 22.6. The summed E-state index contributed by atoms with van der Waals surface area (Å²) in [5.74, 6) is -0.0862. The molecule has 334 valence electrons. The Morgan fingerprint density at radius 2 is 1.11 bits per heavy atom. The zero-order chi connectivity index (χ0) is 42.2. The largest absolute Gasteiger partial charge is 0.472 e. The normalized spacial score (nSPS) is 14.0. The maximum atomic E-state index is 12.6. The number of unbranched alkanes of at least 4 members (excludes halogenated alkanes) is 21. The van der Waals surface area contributed by atoms with E-state index < -0.39 is 51.8 Å². The van der Waals surface area contributed by atoms with Crippen molar-refractivity contribution >= 4 is 25.5 Å². The zero-order valence-corrected chi connectivity index (χ0v) is 37.1. The third-order valence-electron chi connectivity index (χ3n) is 9.76. The number of ketones is 1. The van der Waals surface area contributed by atoms with Gasteiger partial charge < -0.3 is 24.6 Å². The van der Waals surface area contributed by atoms with E-state index in [9.17, 15) is 28.9 Å². The summed E-state index contributed by atoms with van der Waals surface area (Å²) in [5.41, 5.74) is 0. The topological polar surface area (TPSA) is 166 Å². The average Bonchev–Trinajstić information content (AvgIpc) is 3.18. The average molecular weight is 831 g/mol. The summed E-state index contributed by atoms with van der Waals surface area (Å²) in [4.78, 5) is 47.1. The number of phosphoric acid groups is 1. The molecular formula is C45H83O11P. The van der Waals surface area contributed by atoms with Crippen LogP contribution in [0, 0.1) is 5.92 Å². The molecule has 0 aromatic heterocycles. The van der Waals surface area contributed by atoms with Crippen LogP contribution in [0.4, 0.5) is 0 Å². The maximum Gasteiger partial charge on any atom is 0.472 e. The number of rotatable bonds is 42. The molecule has 57 heavy (non-hydrogen) atoms. The van der Waals surface area contributed by atoms with Crippen LogP contribution in [0.15, 0.2) is 24.3 Å². The fraction of sp³-hybridized carbons (Fsp3) is 0.844. The highest BCUT2D eigenvalue weighted by Gasteiger charge is 2.27. The molecule has 0 fully saturated rings. The monoisotopic (exact) mass is 831 g/mol. The lowest BCUT2D eigenvalue weighted by Gasteiger charge is -2.20. The molecule has 3 atom stereocenters. The second kappa shape index (κ2) is 39.6. The van der Waals surface area contributed by atoms with Crippen molar-refractivity contribution in [3.8, 4) is 0 Å². The molecule has 0 aromatic rings. The molecular weight excluding hydrogens is 747 g/mol. The van der Waals surface area contributed by atoms with Crippen molar-refractivity contribution in [2.75, 3.05) is 26.4 Å². The Bertz CT molecular complexity index is 1080. The van der Waals surface area contributed by atoms with Crippen molar-refractivity contribution in [1.29, 1.82) is 0 Å². The van der Waals surface area contributed by atoms with E-state index in [-0.39, 0.29) is 25.2 Å². The lowest BCUT2D eigenvalue weighted by Crippen LogP contribution is -2.29. The minimum atomic E-state index is -4.65. The van der Waals surface area contributed by atoms with E-state index in [1.165, 1.54) is 89.9 Å². The minimum Gasteiger partial charge on any atom is -0.462 e. The number of hydrogen-bond donors (Lipinski definition) is 3. The Morgan fingerprint density at radius 1 is 0.614 bits per heavy atom. The first kappa shape index (κ1) is 55.1. The SMILES string of the molecule is CCCCC/C=C\C=C\C(=O)CCCCCCCC(=O)O[C@H](COC(=O)CCCCCCCCCCCCCCCCCC(C)C)COP(=O)(O)OC[C@@H](O)CO. The molecule has 0 saturated heterocycles. The van der Waals surface area contributed by atoms with Crippen LogP contribution < -0.4 is 0 Å². The van der Waals surface area contributed by atoms with Crippen LogP contribution in [-0.2, 0) is 37.5 Å². The van der Waals surface area contributed by atoms with E-state index >= 15 is 0 Å². The van der Waals surface area contributed by atoms with Crippen molar-refractivity contribution in [3.63, 3.8) is 0 Å². The number of phosphoric ester groups is 1. The predicted molar refractivity (Wildman–Crippen MR) is 229 cm³/mol. The molecule has 0 radical (unpaired) electrons.